The van der Waals surface area contributed by atoms with Crippen molar-refractivity contribution < 1.29 is 36.1 Å². The maximum Gasteiger partial charge on any atom is 0.500 e. The maximum absolute atomic E-state index is 12.4. The zero-order chi connectivity index (χ0) is 25.3. The predicted octanol–water partition coefficient (Wildman–Crippen LogP) is 0.809. The van der Waals surface area contributed by atoms with Gasteiger partial charge in [-0.2, -0.15) is 0 Å². The number of carbonyl (C=O) groups is 2. The van der Waals surface area contributed by atoms with E-state index < -0.39 is 17.6 Å². The molecule has 0 atom stereocenters. The third-order valence-electron chi connectivity index (χ3n) is 5.69. The van der Waals surface area contributed by atoms with Crippen LogP contribution in [-0.2, 0) is 36.1 Å². The van der Waals surface area contributed by atoms with Gasteiger partial charge in [0.05, 0.1) is 6.54 Å². The highest BCUT2D eigenvalue weighted by atomic mass is 28.4. The summed E-state index contributed by atoms with van der Waals surface area (Å²) >= 11 is 0. The fraction of sp³-hybridized carbons (Fsp3) is 0.900. The molecular formula is C20H45N3O8Si2. The van der Waals surface area contributed by atoms with Gasteiger partial charge >= 0.3 is 17.6 Å². The summed E-state index contributed by atoms with van der Waals surface area (Å²) in [5.74, 6) is -0.313. The van der Waals surface area contributed by atoms with Gasteiger partial charge in [0.15, 0.2) is 0 Å². The van der Waals surface area contributed by atoms with E-state index in [9.17, 15) is 9.59 Å². The van der Waals surface area contributed by atoms with Crippen molar-refractivity contribution in [2.45, 2.75) is 38.8 Å². The van der Waals surface area contributed by atoms with Gasteiger partial charge in [-0.05, 0) is 32.9 Å². The van der Waals surface area contributed by atoms with Crippen molar-refractivity contribution in [3.63, 3.8) is 0 Å². The minimum absolute atomic E-state index is 0.0104. The summed E-state index contributed by atoms with van der Waals surface area (Å²) in [6.07, 6.45) is 1.66. The quantitative estimate of drug-likeness (QED) is 0.238. The number of hydrogen-bond acceptors (Lipinski definition) is 9. The molecule has 0 spiro atoms. The van der Waals surface area contributed by atoms with Crippen molar-refractivity contribution in [1.82, 2.24) is 15.1 Å². The summed E-state index contributed by atoms with van der Waals surface area (Å²) < 4.78 is 33.2. The van der Waals surface area contributed by atoms with Crippen LogP contribution in [0, 0.1) is 0 Å². The lowest BCUT2D eigenvalue weighted by Gasteiger charge is -2.30. The van der Waals surface area contributed by atoms with Crippen LogP contribution in [0.2, 0.25) is 12.1 Å². The van der Waals surface area contributed by atoms with Crippen molar-refractivity contribution in [3.8, 4) is 0 Å². The first kappa shape index (κ1) is 32.1. The summed E-state index contributed by atoms with van der Waals surface area (Å²) in [4.78, 5) is 27.6. The van der Waals surface area contributed by atoms with Crippen LogP contribution >= 0.6 is 0 Å². The topological polar surface area (TPSA) is 108 Å². The van der Waals surface area contributed by atoms with Crippen LogP contribution in [0.5, 0.6) is 0 Å². The number of rotatable bonds is 20. The SMILES string of the molecule is CCN(CCN(CCC[Si](OC)(OC)OC)CCC[Si](OC)(OC)OC)C(=O)CNC(C)=O. The largest absolute Gasteiger partial charge is 0.500 e. The second kappa shape index (κ2) is 17.5. The molecule has 1 N–H and O–H groups in total. The first-order chi connectivity index (χ1) is 15.7. The molecule has 33 heavy (non-hydrogen) atoms. The first-order valence-electron chi connectivity index (χ1n) is 11.3. The molecule has 0 aliphatic carbocycles. The maximum atomic E-state index is 12.4. The zero-order valence-electron chi connectivity index (χ0n) is 21.7. The Bertz CT molecular complexity index is 509. The van der Waals surface area contributed by atoms with E-state index in [1.807, 2.05) is 6.92 Å². The van der Waals surface area contributed by atoms with Crippen LogP contribution in [-0.4, -0.2) is 121 Å². The molecule has 13 heteroatoms. The molecule has 0 saturated heterocycles. The normalized spacial score (nSPS) is 12.3. The molecule has 0 aromatic rings. The van der Waals surface area contributed by atoms with Gasteiger partial charge in [-0.15, -0.1) is 0 Å². The van der Waals surface area contributed by atoms with E-state index in [0.29, 0.717) is 31.7 Å². The van der Waals surface area contributed by atoms with Crippen LogP contribution < -0.4 is 5.32 Å². The molecule has 0 rings (SSSR count). The molecular weight excluding hydrogens is 466 g/mol. The Hall–Kier alpha value is -0.906. The van der Waals surface area contributed by atoms with Crippen molar-refractivity contribution >= 4 is 29.4 Å². The number of amides is 2. The summed E-state index contributed by atoms with van der Waals surface area (Å²) in [5.41, 5.74) is 0. The van der Waals surface area contributed by atoms with E-state index in [1.54, 1.807) is 47.6 Å². The summed E-state index contributed by atoms with van der Waals surface area (Å²) in [6.45, 7) is 6.77. The highest BCUT2D eigenvalue weighted by Gasteiger charge is 2.38. The van der Waals surface area contributed by atoms with Crippen LogP contribution in [0.25, 0.3) is 0 Å². The molecule has 0 heterocycles. The number of nitrogens with zero attached hydrogens (tertiary/aromatic N) is 2. The molecule has 0 unspecified atom stereocenters. The van der Waals surface area contributed by atoms with E-state index in [0.717, 1.165) is 25.9 Å². The van der Waals surface area contributed by atoms with Gasteiger partial charge in [0.1, 0.15) is 0 Å². The molecule has 0 saturated carbocycles. The van der Waals surface area contributed by atoms with Gasteiger partial charge in [0.2, 0.25) is 11.8 Å². The molecule has 0 radical (unpaired) electrons. The van der Waals surface area contributed by atoms with Gasteiger partial charge in [-0.3, -0.25) is 9.59 Å². The summed E-state index contributed by atoms with van der Waals surface area (Å²) in [5, 5.41) is 2.57. The molecule has 0 fully saturated rings. The summed E-state index contributed by atoms with van der Waals surface area (Å²) in [7, 11) is 4.40. The molecule has 0 bridgehead atoms. The van der Waals surface area contributed by atoms with Gasteiger partial charge in [0.25, 0.3) is 0 Å². The lowest BCUT2D eigenvalue weighted by atomic mass is 10.3. The van der Waals surface area contributed by atoms with Crippen molar-refractivity contribution in [2.75, 3.05) is 81.9 Å². The van der Waals surface area contributed by atoms with Crippen LogP contribution in [0.4, 0.5) is 0 Å². The molecule has 2 amide bonds. The first-order valence-corrected chi connectivity index (χ1v) is 15.1. The van der Waals surface area contributed by atoms with E-state index in [4.69, 9.17) is 26.6 Å². The third-order valence-corrected chi connectivity index (χ3v) is 11.4. The molecule has 0 aromatic heterocycles. The Kier molecular flexibility index (Phi) is 17.0. The van der Waals surface area contributed by atoms with E-state index in [1.165, 1.54) is 6.92 Å². The van der Waals surface area contributed by atoms with Gasteiger partial charge in [-0.25, -0.2) is 0 Å². The fourth-order valence-electron chi connectivity index (χ4n) is 3.52. The standard InChI is InChI=1S/C20H45N3O8Si2/c1-9-23(20(25)18-21-19(2)24)15-14-22(12-10-16-32(26-3,27-4)28-5)13-11-17-33(29-6,30-7)31-8/h9-18H2,1-8H3,(H,21,24). The molecule has 0 aromatic carbocycles. The Morgan fingerprint density at radius 3 is 1.48 bits per heavy atom. The lowest BCUT2D eigenvalue weighted by Crippen LogP contribution is -2.46. The van der Waals surface area contributed by atoms with E-state index >= 15 is 0 Å². The van der Waals surface area contributed by atoms with Crippen LogP contribution in [0.15, 0.2) is 0 Å². The van der Waals surface area contributed by atoms with Crippen molar-refractivity contribution in [2.24, 2.45) is 0 Å². The van der Waals surface area contributed by atoms with Crippen LogP contribution in [0.3, 0.4) is 0 Å². The Morgan fingerprint density at radius 2 is 1.15 bits per heavy atom. The molecule has 11 nitrogen and oxygen atoms in total. The average molecular weight is 512 g/mol. The van der Waals surface area contributed by atoms with Crippen molar-refractivity contribution in [1.29, 1.82) is 0 Å². The second-order valence-electron chi connectivity index (χ2n) is 7.52. The average Bonchev–Trinajstić information content (AvgIpc) is 2.83. The number of hydrogen-bond donors (Lipinski definition) is 1. The third kappa shape index (κ3) is 11.9. The highest BCUT2D eigenvalue weighted by molar-refractivity contribution is 6.60. The van der Waals surface area contributed by atoms with Crippen LogP contribution in [0.1, 0.15) is 26.7 Å². The minimum atomic E-state index is -2.64. The number of carbonyl (C=O) groups excluding carboxylic acids is 2. The molecule has 0 aliphatic rings. The van der Waals surface area contributed by atoms with Gasteiger partial charge in [0, 0.05) is 81.3 Å². The fourth-order valence-corrected chi connectivity index (χ4v) is 6.93. The minimum Gasteiger partial charge on any atom is -0.377 e. The number of nitrogens with one attached hydrogen (secondary N) is 1. The number of likely N-dealkylation sites (N-methyl/N-ethyl adjacent to an activating group) is 1. The smallest absolute Gasteiger partial charge is 0.377 e. The van der Waals surface area contributed by atoms with E-state index in [-0.39, 0.29) is 18.4 Å². The van der Waals surface area contributed by atoms with Gasteiger partial charge in [-0.1, -0.05) is 0 Å². The molecule has 0 aliphatic heterocycles. The molecule has 196 valence electrons. The van der Waals surface area contributed by atoms with E-state index in [2.05, 4.69) is 10.2 Å². The predicted molar refractivity (Wildman–Crippen MR) is 130 cm³/mol. The Morgan fingerprint density at radius 1 is 0.727 bits per heavy atom. The summed E-state index contributed by atoms with van der Waals surface area (Å²) in [6, 6.07) is 1.39. The zero-order valence-corrected chi connectivity index (χ0v) is 23.7. The highest BCUT2D eigenvalue weighted by Crippen LogP contribution is 2.18. The van der Waals surface area contributed by atoms with Gasteiger partial charge < -0.3 is 41.7 Å². The lowest BCUT2D eigenvalue weighted by molar-refractivity contribution is -0.132. The Labute approximate surface area is 201 Å². The Balaban J connectivity index is 5.04. The second-order valence-corrected chi connectivity index (χ2v) is 13.7. The van der Waals surface area contributed by atoms with Crippen molar-refractivity contribution in [3.05, 3.63) is 0 Å². The monoisotopic (exact) mass is 511 g/mol.